The van der Waals surface area contributed by atoms with Crippen molar-refractivity contribution in [2.24, 2.45) is 0 Å². The Morgan fingerprint density at radius 2 is 1.61 bits per heavy atom. The van der Waals surface area contributed by atoms with Crippen LogP contribution in [0.15, 0.2) is 48.5 Å². The van der Waals surface area contributed by atoms with Crippen molar-refractivity contribution in [3.05, 3.63) is 59.7 Å². The fourth-order valence-corrected chi connectivity index (χ4v) is 3.49. The fourth-order valence-electron chi connectivity index (χ4n) is 3.49. The predicted molar refractivity (Wildman–Crippen MR) is 117 cm³/mol. The number of benzene rings is 2. The lowest BCUT2D eigenvalue weighted by Gasteiger charge is -2.23. The molecule has 0 radical (unpaired) electrons. The number of hydrogen-bond donors (Lipinski definition) is 2. The van der Waals surface area contributed by atoms with Crippen LogP contribution in [0, 0.1) is 0 Å². The summed E-state index contributed by atoms with van der Waals surface area (Å²) in [6.45, 7) is 7.84. The van der Waals surface area contributed by atoms with Crippen molar-refractivity contribution in [1.29, 1.82) is 0 Å². The summed E-state index contributed by atoms with van der Waals surface area (Å²) in [4.78, 5) is 26.5. The van der Waals surface area contributed by atoms with Crippen LogP contribution in [-0.4, -0.2) is 48.3 Å². The van der Waals surface area contributed by atoms with Gasteiger partial charge in [0.1, 0.15) is 29.7 Å². The van der Waals surface area contributed by atoms with E-state index in [-0.39, 0.29) is 18.6 Å². The summed E-state index contributed by atoms with van der Waals surface area (Å²) in [5.74, 6) is 0.854. The molecule has 2 aromatic carbocycles. The zero-order valence-corrected chi connectivity index (χ0v) is 18.6. The lowest BCUT2D eigenvalue weighted by molar-refractivity contribution is -0.132. The molecule has 1 saturated heterocycles. The number of carbonyl (C=O) groups excluding carboxylic acids is 2. The zero-order valence-electron chi connectivity index (χ0n) is 18.6. The van der Waals surface area contributed by atoms with Gasteiger partial charge in [0.05, 0.1) is 13.7 Å². The van der Waals surface area contributed by atoms with E-state index >= 15 is 0 Å². The third-order valence-corrected chi connectivity index (χ3v) is 5.50. The molecule has 0 saturated carbocycles. The van der Waals surface area contributed by atoms with E-state index in [1.165, 1.54) is 5.56 Å². The highest BCUT2D eigenvalue weighted by atomic mass is 16.5. The number of methoxy groups -OCH3 is 1. The largest absolute Gasteiger partial charge is 0.497 e. The maximum atomic E-state index is 13.0. The number of aliphatic hydroxyl groups is 1. The minimum atomic E-state index is -1.20. The maximum absolute atomic E-state index is 13.0. The first kappa shape index (κ1) is 22.6. The Balaban J connectivity index is 1.61. The number of β-amino-alcohol motifs (C(OH)–C–C–N with tert-alkyl or cyclic N) is 1. The fraction of sp³-hybridized carbons (Fsp3) is 0.417. The quantitative estimate of drug-likeness (QED) is 0.664. The first-order chi connectivity index (χ1) is 14.5. The second-order valence-electron chi connectivity index (χ2n) is 8.94. The van der Waals surface area contributed by atoms with E-state index in [4.69, 9.17) is 9.47 Å². The summed E-state index contributed by atoms with van der Waals surface area (Å²) in [5, 5.41) is 13.1. The smallest absolute Gasteiger partial charge is 0.325 e. The summed E-state index contributed by atoms with van der Waals surface area (Å²) in [7, 11) is 1.56. The Hall–Kier alpha value is -3.06. The summed E-state index contributed by atoms with van der Waals surface area (Å²) >= 11 is 0. The number of amides is 3. The van der Waals surface area contributed by atoms with Gasteiger partial charge in [-0.15, -0.1) is 0 Å². The molecule has 3 rings (SSSR count). The molecule has 1 aliphatic rings. The highest BCUT2D eigenvalue weighted by Gasteiger charge is 2.49. The molecule has 0 aromatic heterocycles. The van der Waals surface area contributed by atoms with E-state index in [1.807, 2.05) is 24.3 Å². The molecule has 31 heavy (non-hydrogen) atoms. The predicted octanol–water partition coefficient (Wildman–Crippen LogP) is 3.20. The van der Waals surface area contributed by atoms with Crippen LogP contribution in [0.3, 0.4) is 0 Å². The van der Waals surface area contributed by atoms with Crippen LogP contribution in [0.5, 0.6) is 11.5 Å². The second-order valence-corrected chi connectivity index (χ2v) is 8.94. The average molecular weight is 427 g/mol. The van der Waals surface area contributed by atoms with Gasteiger partial charge in [-0.05, 0) is 47.7 Å². The van der Waals surface area contributed by atoms with Crippen molar-refractivity contribution in [2.45, 2.75) is 44.8 Å². The number of urea groups is 1. The zero-order chi connectivity index (χ0) is 22.8. The monoisotopic (exact) mass is 426 g/mol. The van der Waals surface area contributed by atoms with Gasteiger partial charge in [0.15, 0.2) is 0 Å². The van der Waals surface area contributed by atoms with Crippen molar-refractivity contribution in [1.82, 2.24) is 10.2 Å². The molecule has 1 fully saturated rings. The van der Waals surface area contributed by atoms with E-state index < -0.39 is 23.6 Å². The Morgan fingerprint density at radius 3 is 2.16 bits per heavy atom. The van der Waals surface area contributed by atoms with Crippen LogP contribution < -0.4 is 14.8 Å². The van der Waals surface area contributed by atoms with E-state index in [1.54, 1.807) is 38.3 Å². The van der Waals surface area contributed by atoms with Crippen molar-refractivity contribution in [3.8, 4) is 11.5 Å². The van der Waals surface area contributed by atoms with Crippen molar-refractivity contribution < 1.29 is 24.2 Å². The topological polar surface area (TPSA) is 88.1 Å². The number of hydrogen-bond acceptors (Lipinski definition) is 5. The molecule has 1 aliphatic heterocycles. The van der Waals surface area contributed by atoms with E-state index in [9.17, 15) is 14.7 Å². The maximum Gasteiger partial charge on any atom is 0.325 e. The van der Waals surface area contributed by atoms with Crippen LogP contribution >= 0.6 is 0 Å². The first-order valence-electron chi connectivity index (χ1n) is 10.2. The average Bonchev–Trinajstić information content (AvgIpc) is 2.96. The Morgan fingerprint density at radius 1 is 1.03 bits per heavy atom. The normalized spacial score (nSPS) is 19.9. The van der Waals surface area contributed by atoms with Crippen LogP contribution in [0.4, 0.5) is 4.79 Å². The molecule has 7 nitrogen and oxygen atoms in total. The van der Waals surface area contributed by atoms with Gasteiger partial charge in [-0.1, -0.05) is 45.0 Å². The molecule has 2 N–H and O–H groups in total. The Labute approximate surface area is 183 Å². The van der Waals surface area contributed by atoms with Crippen molar-refractivity contribution in [2.75, 3.05) is 20.3 Å². The summed E-state index contributed by atoms with van der Waals surface area (Å²) < 4.78 is 10.8. The molecule has 2 aromatic rings. The molecule has 2 atom stereocenters. The summed E-state index contributed by atoms with van der Waals surface area (Å²) in [5.41, 5.74) is 0.654. The van der Waals surface area contributed by atoms with E-state index in [2.05, 4.69) is 26.1 Å². The first-order valence-corrected chi connectivity index (χ1v) is 10.2. The third-order valence-electron chi connectivity index (χ3n) is 5.50. The highest BCUT2D eigenvalue weighted by molar-refractivity contribution is 6.07. The van der Waals surface area contributed by atoms with E-state index in [0.29, 0.717) is 17.1 Å². The van der Waals surface area contributed by atoms with Crippen LogP contribution in [0.1, 0.15) is 38.8 Å². The Bertz CT molecular complexity index is 934. The molecule has 166 valence electrons. The number of rotatable bonds is 7. The number of aliphatic hydroxyl groups excluding tert-OH is 1. The number of nitrogens with one attached hydrogen (secondary N) is 1. The van der Waals surface area contributed by atoms with Gasteiger partial charge in [0, 0.05) is 0 Å². The van der Waals surface area contributed by atoms with Gasteiger partial charge < -0.3 is 19.9 Å². The molecule has 7 heteroatoms. The molecule has 0 bridgehead atoms. The number of ether oxygens (including phenoxy) is 2. The van der Waals surface area contributed by atoms with Gasteiger partial charge in [0.25, 0.3) is 5.91 Å². The number of carbonyl (C=O) groups is 2. The molecular formula is C24H30N2O5. The van der Waals surface area contributed by atoms with E-state index in [0.717, 1.165) is 4.90 Å². The van der Waals surface area contributed by atoms with Gasteiger partial charge in [0.2, 0.25) is 0 Å². The minimum Gasteiger partial charge on any atom is -0.497 e. The van der Waals surface area contributed by atoms with Gasteiger partial charge in [-0.2, -0.15) is 0 Å². The molecule has 1 heterocycles. The highest BCUT2D eigenvalue weighted by Crippen LogP contribution is 2.30. The molecule has 0 aliphatic carbocycles. The second kappa shape index (κ2) is 8.59. The lowest BCUT2D eigenvalue weighted by Crippen LogP contribution is -2.42. The van der Waals surface area contributed by atoms with Crippen LogP contribution in [0.25, 0.3) is 0 Å². The minimum absolute atomic E-state index is 0.0365. The number of nitrogens with zero attached hydrogens (tertiary/aromatic N) is 1. The van der Waals surface area contributed by atoms with Gasteiger partial charge >= 0.3 is 6.03 Å². The molecule has 0 spiro atoms. The standard InChI is InChI=1S/C24H30N2O5/c1-23(2,3)16-6-12-20(13-7-16)31-15-18(27)14-26-21(28)24(4,25-22(26)29)17-8-10-19(30-5)11-9-17/h6-13,18,27H,14-15H2,1-5H3,(H,25,29)/t18-,24-/m0/s1. The molecule has 3 amide bonds. The van der Waals surface area contributed by atoms with Crippen molar-refractivity contribution in [3.63, 3.8) is 0 Å². The molecular weight excluding hydrogens is 396 g/mol. The summed E-state index contributed by atoms with van der Waals surface area (Å²) in [6.07, 6.45) is -1.02. The van der Waals surface area contributed by atoms with Gasteiger partial charge in [-0.3, -0.25) is 9.69 Å². The molecule has 0 unspecified atom stereocenters. The van der Waals surface area contributed by atoms with Gasteiger partial charge in [-0.25, -0.2) is 4.79 Å². The van der Waals surface area contributed by atoms with Crippen LogP contribution in [0.2, 0.25) is 0 Å². The summed E-state index contributed by atoms with van der Waals surface area (Å²) in [6, 6.07) is 14.1. The van der Waals surface area contributed by atoms with Crippen molar-refractivity contribution >= 4 is 11.9 Å². The van der Waals surface area contributed by atoms with Crippen LogP contribution in [-0.2, 0) is 15.7 Å². The Kier molecular flexibility index (Phi) is 6.27. The third kappa shape index (κ3) is 4.82. The SMILES string of the molecule is COc1ccc([C@]2(C)NC(=O)N(C[C@H](O)COc3ccc(C(C)(C)C)cc3)C2=O)cc1. The number of imide groups is 1. The lowest BCUT2D eigenvalue weighted by atomic mass is 9.87.